The molecule has 2 aliphatic rings. The predicted molar refractivity (Wildman–Crippen MR) is 119 cm³/mol. The number of ether oxygens (including phenoxy) is 3. The van der Waals surface area contributed by atoms with Crippen molar-refractivity contribution >= 4 is 5.97 Å². The van der Waals surface area contributed by atoms with E-state index in [1.54, 1.807) is 7.11 Å². The van der Waals surface area contributed by atoms with Gasteiger partial charge in [-0.1, -0.05) is 30.7 Å². The lowest BCUT2D eigenvalue weighted by atomic mass is 9.73. The van der Waals surface area contributed by atoms with Gasteiger partial charge >= 0.3 is 5.97 Å². The van der Waals surface area contributed by atoms with Crippen molar-refractivity contribution in [1.82, 2.24) is 4.90 Å². The molecule has 5 nitrogen and oxygen atoms in total. The first-order valence-electron chi connectivity index (χ1n) is 11.0. The highest BCUT2D eigenvalue weighted by Crippen LogP contribution is 2.47. The summed E-state index contributed by atoms with van der Waals surface area (Å²) in [5.74, 6) is 1.55. The zero-order valence-electron chi connectivity index (χ0n) is 18.8. The molecule has 3 rings (SSSR count). The molecule has 1 aromatic rings. The summed E-state index contributed by atoms with van der Waals surface area (Å²) in [4.78, 5) is 14.9. The van der Waals surface area contributed by atoms with E-state index in [1.807, 2.05) is 6.07 Å². The SMILES string of the molecule is C=C(C)C1CCC(C)=CC1c1c(OC)cc(CC)cc1OC(=O)CN1CCOCC1. The number of allylic oxidation sites excluding steroid dienone is 3. The van der Waals surface area contributed by atoms with E-state index in [2.05, 4.69) is 44.4 Å². The minimum Gasteiger partial charge on any atom is -0.496 e. The monoisotopic (exact) mass is 413 g/mol. The molecular weight excluding hydrogens is 378 g/mol. The van der Waals surface area contributed by atoms with Crippen molar-refractivity contribution in [3.63, 3.8) is 0 Å². The van der Waals surface area contributed by atoms with Crippen LogP contribution in [-0.2, 0) is 16.0 Å². The minimum atomic E-state index is -0.239. The van der Waals surface area contributed by atoms with Crippen LogP contribution in [0.1, 0.15) is 50.7 Å². The number of carbonyl (C=O) groups is 1. The maximum atomic E-state index is 12.8. The first kappa shape index (κ1) is 22.6. The van der Waals surface area contributed by atoms with Crippen molar-refractivity contribution in [2.45, 2.75) is 46.0 Å². The Morgan fingerprint density at radius 2 is 1.97 bits per heavy atom. The molecule has 1 aromatic carbocycles. The molecule has 0 radical (unpaired) electrons. The summed E-state index contributed by atoms with van der Waals surface area (Å²) >= 11 is 0. The molecule has 0 spiro atoms. The number of rotatable bonds is 7. The Balaban J connectivity index is 1.97. The second-order valence-electron chi connectivity index (χ2n) is 8.46. The van der Waals surface area contributed by atoms with Crippen LogP contribution in [-0.4, -0.2) is 50.8 Å². The average molecular weight is 414 g/mol. The van der Waals surface area contributed by atoms with Crippen LogP contribution in [0.5, 0.6) is 11.5 Å². The molecule has 0 saturated carbocycles. The molecule has 1 aliphatic heterocycles. The summed E-state index contributed by atoms with van der Waals surface area (Å²) in [6, 6.07) is 4.07. The fourth-order valence-corrected chi connectivity index (χ4v) is 4.44. The van der Waals surface area contributed by atoms with Gasteiger partial charge in [0.05, 0.1) is 26.9 Å². The lowest BCUT2D eigenvalue weighted by molar-refractivity contribution is -0.136. The van der Waals surface area contributed by atoms with E-state index in [4.69, 9.17) is 14.2 Å². The topological polar surface area (TPSA) is 48.0 Å². The summed E-state index contributed by atoms with van der Waals surface area (Å²) in [6.07, 6.45) is 5.25. The number of benzene rings is 1. The quantitative estimate of drug-likeness (QED) is 0.374. The van der Waals surface area contributed by atoms with Gasteiger partial charge in [-0.3, -0.25) is 9.69 Å². The van der Waals surface area contributed by atoms with Crippen molar-refractivity contribution in [1.29, 1.82) is 0 Å². The van der Waals surface area contributed by atoms with Crippen LogP contribution in [0.3, 0.4) is 0 Å². The number of aryl methyl sites for hydroxylation is 1. The molecule has 1 aliphatic carbocycles. The number of nitrogens with zero attached hydrogens (tertiary/aromatic N) is 1. The van der Waals surface area contributed by atoms with E-state index in [1.165, 1.54) is 5.57 Å². The number of morpholine rings is 1. The number of carbonyl (C=O) groups excluding carboxylic acids is 1. The molecule has 2 unspecified atom stereocenters. The van der Waals surface area contributed by atoms with Crippen LogP contribution in [0, 0.1) is 5.92 Å². The maximum absolute atomic E-state index is 12.8. The van der Waals surface area contributed by atoms with Crippen molar-refractivity contribution in [2.24, 2.45) is 5.92 Å². The van der Waals surface area contributed by atoms with Crippen molar-refractivity contribution in [3.8, 4) is 11.5 Å². The van der Waals surface area contributed by atoms with Crippen LogP contribution in [0.25, 0.3) is 0 Å². The smallest absolute Gasteiger partial charge is 0.325 e. The molecule has 0 aromatic heterocycles. The fraction of sp³-hybridized carbons (Fsp3) is 0.560. The number of esters is 1. The summed E-state index contributed by atoms with van der Waals surface area (Å²) in [5.41, 5.74) is 4.55. The lowest BCUT2D eigenvalue weighted by Gasteiger charge is -2.32. The van der Waals surface area contributed by atoms with Gasteiger partial charge in [0.25, 0.3) is 0 Å². The molecule has 0 bridgehead atoms. The fourth-order valence-electron chi connectivity index (χ4n) is 4.44. The Morgan fingerprint density at radius 3 is 2.60 bits per heavy atom. The maximum Gasteiger partial charge on any atom is 0.325 e. The van der Waals surface area contributed by atoms with Crippen LogP contribution >= 0.6 is 0 Å². The van der Waals surface area contributed by atoms with E-state index in [9.17, 15) is 4.79 Å². The van der Waals surface area contributed by atoms with Gasteiger partial charge in [0, 0.05) is 24.6 Å². The van der Waals surface area contributed by atoms with Crippen molar-refractivity contribution < 1.29 is 19.0 Å². The van der Waals surface area contributed by atoms with Gasteiger partial charge in [-0.05, 0) is 56.7 Å². The summed E-state index contributed by atoms with van der Waals surface area (Å²) in [5, 5.41) is 0. The van der Waals surface area contributed by atoms with Gasteiger partial charge in [0.2, 0.25) is 0 Å². The predicted octanol–water partition coefficient (Wildman–Crippen LogP) is 4.51. The average Bonchev–Trinajstić information content (AvgIpc) is 2.73. The Labute approximate surface area is 180 Å². The molecule has 1 saturated heterocycles. The summed E-state index contributed by atoms with van der Waals surface area (Å²) < 4.78 is 17.2. The minimum absolute atomic E-state index is 0.0864. The van der Waals surface area contributed by atoms with E-state index >= 15 is 0 Å². The van der Waals surface area contributed by atoms with Gasteiger partial charge in [-0.15, -0.1) is 0 Å². The van der Waals surface area contributed by atoms with E-state index in [0.717, 1.165) is 54.8 Å². The summed E-state index contributed by atoms with van der Waals surface area (Å²) in [7, 11) is 1.69. The number of methoxy groups -OCH3 is 1. The lowest BCUT2D eigenvalue weighted by Crippen LogP contribution is -2.40. The first-order valence-corrected chi connectivity index (χ1v) is 11.0. The van der Waals surface area contributed by atoms with Crippen molar-refractivity contribution in [3.05, 3.63) is 47.1 Å². The van der Waals surface area contributed by atoms with Gasteiger partial charge in [-0.25, -0.2) is 0 Å². The van der Waals surface area contributed by atoms with Crippen molar-refractivity contribution in [2.75, 3.05) is 40.0 Å². The molecular formula is C25H35NO4. The molecule has 30 heavy (non-hydrogen) atoms. The highest BCUT2D eigenvalue weighted by Gasteiger charge is 2.31. The third-order valence-electron chi connectivity index (χ3n) is 6.19. The van der Waals surface area contributed by atoms with Crippen LogP contribution in [0.4, 0.5) is 0 Å². The Hall–Kier alpha value is -2.11. The molecule has 2 atom stereocenters. The van der Waals surface area contributed by atoms with Gasteiger partial charge in [-0.2, -0.15) is 0 Å². The standard InChI is InChI=1S/C25H35NO4/c1-6-19-14-22(28-5)25(21-13-18(4)7-8-20(21)17(2)3)23(15-19)30-24(27)16-26-9-11-29-12-10-26/h13-15,20-21H,2,6-12,16H2,1,3-5H3. The molecule has 1 fully saturated rings. The molecule has 0 N–H and O–H groups in total. The Morgan fingerprint density at radius 1 is 1.27 bits per heavy atom. The zero-order valence-corrected chi connectivity index (χ0v) is 18.8. The first-order chi connectivity index (χ1) is 14.4. The molecule has 5 heteroatoms. The van der Waals surface area contributed by atoms with Crippen LogP contribution < -0.4 is 9.47 Å². The van der Waals surface area contributed by atoms with Crippen LogP contribution in [0.15, 0.2) is 35.9 Å². The highest BCUT2D eigenvalue weighted by molar-refractivity contribution is 5.75. The summed E-state index contributed by atoms with van der Waals surface area (Å²) in [6.45, 7) is 13.7. The third kappa shape index (κ3) is 5.32. The molecule has 164 valence electrons. The normalized spacial score (nSPS) is 22.3. The third-order valence-corrected chi connectivity index (χ3v) is 6.19. The Bertz CT molecular complexity index is 808. The molecule has 0 amide bonds. The van der Waals surface area contributed by atoms with E-state index in [0.29, 0.717) is 24.9 Å². The van der Waals surface area contributed by atoms with Gasteiger partial charge < -0.3 is 14.2 Å². The molecule has 1 heterocycles. The van der Waals surface area contributed by atoms with E-state index < -0.39 is 0 Å². The Kier molecular flexibility index (Phi) is 7.73. The van der Waals surface area contributed by atoms with Gasteiger partial charge in [0.1, 0.15) is 11.5 Å². The largest absolute Gasteiger partial charge is 0.496 e. The number of hydrogen-bond donors (Lipinski definition) is 0. The zero-order chi connectivity index (χ0) is 21.7. The van der Waals surface area contributed by atoms with Gasteiger partial charge in [0.15, 0.2) is 0 Å². The van der Waals surface area contributed by atoms with Crippen LogP contribution in [0.2, 0.25) is 0 Å². The highest BCUT2D eigenvalue weighted by atomic mass is 16.5. The van der Waals surface area contributed by atoms with E-state index in [-0.39, 0.29) is 18.4 Å². The second kappa shape index (κ2) is 10.3. The number of hydrogen-bond acceptors (Lipinski definition) is 5. The second-order valence-corrected chi connectivity index (χ2v) is 8.46.